The summed E-state index contributed by atoms with van der Waals surface area (Å²) < 4.78 is 0. The molecule has 0 unspecified atom stereocenters. The molecular formula is C22H14O6. The lowest BCUT2D eigenvalue weighted by Gasteiger charge is -2.21. The van der Waals surface area contributed by atoms with Gasteiger partial charge in [0.05, 0.1) is 11.1 Å². The van der Waals surface area contributed by atoms with E-state index >= 15 is 0 Å². The summed E-state index contributed by atoms with van der Waals surface area (Å²) in [5, 5.41) is 20.2. The van der Waals surface area contributed by atoms with Gasteiger partial charge in [-0.05, 0) is 61.4 Å². The maximum Gasteiger partial charge on any atom is 0.198 e. The van der Waals surface area contributed by atoms with Crippen LogP contribution in [0.3, 0.4) is 0 Å². The topological polar surface area (TPSA) is 109 Å². The van der Waals surface area contributed by atoms with Crippen molar-refractivity contribution in [1.29, 1.82) is 0 Å². The van der Waals surface area contributed by atoms with Crippen LogP contribution in [-0.2, 0) is 0 Å². The molecule has 2 aliphatic rings. The van der Waals surface area contributed by atoms with Gasteiger partial charge in [-0.25, -0.2) is 0 Å². The smallest absolute Gasteiger partial charge is 0.198 e. The molecule has 0 radical (unpaired) electrons. The Kier molecular flexibility index (Phi) is 3.68. The van der Waals surface area contributed by atoms with Crippen molar-refractivity contribution in [3.05, 3.63) is 80.9 Å². The third kappa shape index (κ3) is 2.42. The average molecular weight is 374 g/mol. The number of ketones is 4. The highest BCUT2D eigenvalue weighted by Gasteiger charge is 2.36. The Hall–Kier alpha value is -3.80. The lowest BCUT2D eigenvalue weighted by Crippen LogP contribution is -2.25. The van der Waals surface area contributed by atoms with Crippen LogP contribution in [0.2, 0.25) is 0 Å². The van der Waals surface area contributed by atoms with Crippen LogP contribution in [0.5, 0.6) is 11.5 Å². The van der Waals surface area contributed by atoms with E-state index in [9.17, 15) is 29.4 Å². The van der Waals surface area contributed by atoms with Gasteiger partial charge in [0.1, 0.15) is 11.5 Å². The summed E-state index contributed by atoms with van der Waals surface area (Å²) in [6, 6.07) is 5.66. The van der Waals surface area contributed by atoms with E-state index < -0.39 is 23.1 Å². The minimum absolute atomic E-state index is 0.0277. The molecule has 0 aromatic heterocycles. The zero-order chi connectivity index (χ0) is 20.3. The summed E-state index contributed by atoms with van der Waals surface area (Å²) in [4.78, 5) is 51.0. The zero-order valence-corrected chi connectivity index (χ0v) is 15.0. The first kappa shape index (κ1) is 17.6. The van der Waals surface area contributed by atoms with Crippen molar-refractivity contribution in [3.63, 3.8) is 0 Å². The van der Waals surface area contributed by atoms with Gasteiger partial charge in [-0.3, -0.25) is 19.2 Å². The summed E-state index contributed by atoms with van der Waals surface area (Å²) in [5.41, 5.74) is 0.401. The SMILES string of the molecule is Cc1cc(O)c2c(c1)C(=O)C(C1=CC(=O)c3cc(C)cc(O)c3C1=O)=CC2=O. The lowest BCUT2D eigenvalue weighted by atomic mass is 9.79. The largest absolute Gasteiger partial charge is 0.507 e. The van der Waals surface area contributed by atoms with E-state index in [1.807, 2.05) is 0 Å². The predicted molar refractivity (Wildman–Crippen MR) is 99.2 cm³/mol. The second kappa shape index (κ2) is 5.85. The first-order valence-electron chi connectivity index (χ1n) is 8.48. The molecule has 0 aliphatic heterocycles. The van der Waals surface area contributed by atoms with Crippen LogP contribution >= 0.6 is 0 Å². The standard InChI is InChI=1S/C22H14O6/c1-9-3-13-15(23)7-12(22(28)20(13)17(25)6-9)11-8-18(26)19-14(21(11)27)4-10(2)5-16(19)24/h3-8,24-25H,1-2H3. The minimum atomic E-state index is -0.708. The Balaban J connectivity index is 1.89. The van der Waals surface area contributed by atoms with Crippen molar-refractivity contribution in [2.45, 2.75) is 13.8 Å². The van der Waals surface area contributed by atoms with Crippen LogP contribution in [-0.4, -0.2) is 33.3 Å². The molecule has 2 N–H and O–H groups in total. The third-order valence-electron chi connectivity index (χ3n) is 4.84. The monoisotopic (exact) mass is 374 g/mol. The van der Waals surface area contributed by atoms with Gasteiger partial charge in [0.15, 0.2) is 23.1 Å². The number of rotatable bonds is 1. The van der Waals surface area contributed by atoms with Gasteiger partial charge in [0.2, 0.25) is 0 Å². The molecule has 2 aliphatic carbocycles. The molecule has 0 atom stereocenters. The summed E-state index contributed by atoms with van der Waals surface area (Å²) in [7, 11) is 0. The molecule has 138 valence electrons. The van der Waals surface area contributed by atoms with Gasteiger partial charge in [-0.1, -0.05) is 0 Å². The van der Waals surface area contributed by atoms with Gasteiger partial charge in [-0.15, -0.1) is 0 Å². The van der Waals surface area contributed by atoms with E-state index in [0.717, 1.165) is 12.2 Å². The number of benzene rings is 2. The molecule has 2 aromatic rings. The Morgan fingerprint density at radius 3 is 1.75 bits per heavy atom. The van der Waals surface area contributed by atoms with Crippen LogP contribution in [0.1, 0.15) is 52.6 Å². The van der Waals surface area contributed by atoms with Crippen molar-refractivity contribution in [1.82, 2.24) is 0 Å². The molecule has 28 heavy (non-hydrogen) atoms. The van der Waals surface area contributed by atoms with E-state index in [1.54, 1.807) is 13.8 Å². The van der Waals surface area contributed by atoms with Crippen LogP contribution < -0.4 is 0 Å². The van der Waals surface area contributed by atoms with E-state index in [-0.39, 0.29) is 44.9 Å². The summed E-state index contributed by atoms with van der Waals surface area (Å²) in [6.07, 6.45) is 1.97. The van der Waals surface area contributed by atoms with Crippen molar-refractivity contribution < 1.29 is 29.4 Å². The van der Waals surface area contributed by atoms with Crippen LogP contribution in [0.4, 0.5) is 0 Å². The Labute approximate surface area is 159 Å². The molecule has 0 spiro atoms. The Morgan fingerprint density at radius 2 is 1.11 bits per heavy atom. The van der Waals surface area contributed by atoms with Crippen molar-refractivity contribution in [3.8, 4) is 11.5 Å². The highest BCUT2D eigenvalue weighted by molar-refractivity contribution is 6.35. The molecule has 0 fully saturated rings. The number of allylic oxidation sites excluding steroid dienone is 4. The number of carbonyl (C=O) groups excluding carboxylic acids is 4. The van der Waals surface area contributed by atoms with Crippen molar-refractivity contribution >= 4 is 23.1 Å². The molecule has 0 bridgehead atoms. The normalized spacial score (nSPS) is 15.8. The number of Topliss-reactive ketones (excluding diaryl/α,β-unsaturated/α-hetero) is 2. The number of aromatic hydroxyl groups is 2. The molecular weight excluding hydrogens is 360 g/mol. The predicted octanol–water partition coefficient (Wildman–Crippen LogP) is 3.03. The lowest BCUT2D eigenvalue weighted by molar-refractivity contribution is 0.0960. The number of hydrogen-bond acceptors (Lipinski definition) is 6. The summed E-state index contributed by atoms with van der Waals surface area (Å²) >= 11 is 0. The first-order valence-corrected chi connectivity index (χ1v) is 8.48. The second-order valence-electron chi connectivity index (χ2n) is 6.92. The minimum Gasteiger partial charge on any atom is -0.507 e. The molecule has 6 nitrogen and oxygen atoms in total. The average Bonchev–Trinajstić information content (AvgIpc) is 2.60. The van der Waals surface area contributed by atoms with E-state index in [0.29, 0.717) is 11.1 Å². The number of carbonyl (C=O) groups is 4. The van der Waals surface area contributed by atoms with Gasteiger partial charge in [0, 0.05) is 22.3 Å². The number of phenolic OH excluding ortho intramolecular Hbond substituents is 2. The second-order valence-corrected chi connectivity index (χ2v) is 6.92. The van der Waals surface area contributed by atoms with Crippen LogP contribution in [0.25, 0.3) is 0 Å². The van der Waals surface area contributed by atoms with Gasteiger partial charge in [-0.2, -0.15) is 0 Å². The molecule has 6 heteroatoms. The summed E-state index contributed by atoms with van der Waals surface area (Å²) in [6.45, 7) is 3.33. The van der Waals surface area contributed by atoms with Crippen molar-refractivity contribution in [2.24, 2.45) is 0 Å². The molecule has 0 saturated heterocycles. The highest BCUT2D eigenvalue weighted by Crippen LogP contribution is 2.37. The third-order valence-corrected chi connectivity index (χ3v) is 4.84. The molecule has 0 amide bonds. The van der Waals surface area contributed by atoms with Gasteiger partial charge < -0.3 is 10.2 Å². The zero-order valence-electron chi connectivity index (χ0n) is 15.0. The Morgan fingerprint density at radius 1 is 0.607 bits per heavy atom. The van der Waals surface area contributed by atoms with E-state index in [1.165, 1.54) is 24.3 Å². The van der Waals surface area contributed by atoms with Crippen molar-refractivity contribution in [2.75, 3.05) is 0 Å². The van der Waals surface area contributed by atoms with Crippen LogP contribution in [0, 0.1) is 13.8 Å². The van der Waals surface area contributed by atoms with Crippen LogP contribution in [0.15, 0.2) is 47.6 Å². The maximum absolute atomic E-state index is 13.0. The molecule has 2 aromatic carbocycles. The first-order chi connectivity index (χ1) is 13.2. The fourth-order valence-electron chi connectivity index (χ4n) is 3.63. The van der Waals surface area contributed by atoms with E-state index in [2.05, 4.69) is 0 Å². The molecule has 0 heterocycles. The van der Waals surface area contributed by atoms with Gasteiger partial charge >= 0.3 is 0 Å². The highest BCUT2D eigenvalue weighted by atomic mass is 16.3. The number of hydrogen-bond donors (Lipinski definition) is 2. The number of fused-ring (bicyclic) bond motifs is 2. The fourth-order valence-corrected chi connectivity index (χ4v) is 3.63. The number of phenols is 2. The fraction of sp³-hybridized carbons (Fsp3) is 0.0909. The van der Waals surface area contributed by atoms with E-state index in [4.69, 9.17) is 0 Å². The van der Waals surface area contributed by atoms with Gasteiger partial charge in [0.25, 0.3) is 0 Å². The molecule has 4 rings (SSSR count). The quantitative estimate of drug-likeness (QED) is 0.794. The molecule has 0 saturated carbocycles. The Bertz CT molecular complexity index is 1210. The maximum atomic E-state index is 13.0. The number of aryl methyl sites for hydroxylation is 2. The summed E-state index contributed by atoms with van der Waals surface area (Å²) in [5.74, 6) is -3.20.